The summed E-state index contributed by atoms with van der Waals surface area (Å²) in [6.45, 7) is 5.99. The van der Waals surface area contributed by atoms with Crippen LogP contribution in [0.25, 0.3) is 33.4 Å². The summed E-state index contributed by atoms with van der Waals surface area (Å²) < 4.78 is 34.6. The Morgan fingerprint density at radius 3 is 1.32 bits per heavy atom. The molecule has 0 bridgehead atoms. The molecule has 0 saturated carbocycles. The highest BCUT2D eigenvalue weighted by molar-refractivity contribution is 5.74. The van der Waals surface area contributed by atoms with E-state index >= 15 is 0 Å². The van der Waals surface area contributed by atoms with Gasteiger partial charge in [0.1, 0.15) is 17.4 Å². The van der Waals surface area contributed by atoms with E-state index in [1.807, 2.05) is 69.3 Å². The molecule has 0 aliphatic rings. The van der Waals surface area contributed by atoms with Gasteiger partial charge in [0, 0.05) is 11.1 Å². The van der Waals surface area contributed by atoms with E-state index in [0.717, 1.165) is 22.4 Å². The molecule has 4 aromatic rings. The van der Waals surface area contributed by atoms with Crippen LogP contribution in [0.15, 0.2) is 84.9 Å². The first-order valence-electron chi connectivity index (χ1n) is 10.4. The van der Waals surface area contributed by atoms with Crippen LogP contribution in [0.4, 0.5) is 8.78 Å². The van der Waals surface area contributed by atoms with Crippen molar-refractivity contribution >= 4 is 0 Å². The molecule has 0 aliphatic carbocycles. The average Bonchev–Trinajstić information content (AvgIpc) is 2.81. The van der Waals surface area contributed by atoms with Crippen LogP contribution in [-0.2, 0) is 0 Å². The highest BCUT2D eigenvalue weighted by Gasteiger charge is 2.11. The molecular formula is C28H26F2O. The number of hydrogen-bond donors (Lipinski definition) is 0. The van der Waals surface area contributed by atoms with Gasteiger partial charge in [0.15, 0.2) is 0 Å². The molecule has 4 aromatic carbocycles. The van der Waals surface area contributed by atoms with Gasteiger partial charge in [0.05, 0.1) is 7.11 Å². The summed E-state index contributed by atoms with van der Waals surface area (Å²) >= 11 is 0. The molecule has 0 N–H and O–H groups in total. The summed E-state index contributed by atoms with van der Waals surface area (Å²) in [5, 5.41) is 0. The molecule has 1 nitrogen and oxygen atoms in total. The minimum Gasteiger partial charge on any atom is -0.497 e. The van der Waals surface area contributed by atoms with E-state index in [-0.39, 0.29) is 11.6 Å². The molecule has 0 heterocycles. The number of ether oxygens (including phenoxy) is 1. The Kier molecular flexibility index (Phi) is 7.19. The molecule has 0 radical (unpaired) electrons. The van der Waals surface area contributed by atoms with Crippen molar-refractivity contribution in [2.75, 3.05) is 7.11 Å². The lowest BCUT2D eigenvalue weighted by molar-refractivity contribution is 0.415. The van der Waals surface area contributed by atoms with Gasteiger partial charge in [-0.15, -0.1) is 0 Å². The van der Waals surface area contributed by atoms with Crippen molar-refractivity contribution in [1.82, 2.24) is 0 Å². The van der Waals surface area contributed by atoms with E-state index in [4.69, 9.17) is 4.74 Å². The van der Waals surface area contributed by atoms with E-state index in [1.165, 1.54) is 12.1 Å². The number of hydrogen-bond acceptors (Lipinski definition) is 1. The summed E-state index contributed by atoms with van der Waals surface area (Å²) in [4.78, 5) is 0. The summed E-state index contributed by atoms with van der Waals surface area (Å²) in [6.07, 6.45) is 0. The zero-order valence-electron chi connectivity index (χ0n) is 18.2. The van der Waals surface area contributed by atoms with Gasteiger partial charge < -0.3 is 4.74 Å². The second kappa shape index (κ2) is 10.0. The lowest BCUT2D eigenvalue weighted by Crippen LogP contribution is -1.90. The van der Waals surface area contributed by atoms with E-state index in [2.05, 4.69) is 0 Å². The van der Waals surface area contributed by atoms with Crippen LogP contribution in [-0.4, -0.2) is 7.11 Å². The summed E-state index contributed by atoms with van der Waals surface area (Å²) in [6, 6.07) is 24.9. The highest BCUT2D eigenvalue weighted by Crippen LogP contribution is 2.31. The minimum absolute atomic E-state index is 0.328. The van der Waals surface area contributed by atoms with E-state index in [0.29, 0.717) is 22.3 Å². The van der Waals surface area contributed by atoms with E-state index in [1.54, 1.807) is 31.4 Å². The molecule has 4 rings (SSSR count). The lowest BCUT2D eigenvalue weighted by Gasteiger charge is -2.10. The number of aryl methyl sites for hydroxylation is 1. The molecular weight excluding hydrogens is 390 g/mol. The quantitative estimate of drug-likeness (QED) is 0.325. The Morgan fingerprint density at radius 1 is 0.548 bits per heavy atom. The van der Waals surface area contributed by atoms with Crippen LogP contribution >= 0.6 is 0 Å². The predicted molar refractivity (Wildman–Crippen MR) is 125 cm³/mol. The van der Waals surface area contributed by atoms with Crippen LogP contribution in [0.2, 0.25) is 0 Å². The molecule has 0 unspecified atom stereocenters. The van der Waals surface area contributed by atoms with Gasteiger partial charge in [-0.05, 0) is 53.4 Å². The number of benzene rings is 4. The van der Waals surface area contributed by atoms with Crippen LogP contribution in [0.3, 0.4) is 0 Å². The van der Waals surface area contributed by atoms with Crippen molar-refractivity contribution in [2.24, 2.45) is 0 Å². The first-order valence-corrected chi connectivity index (χ1v) is 10.4. The Labute approximate surface area is 183 Å². The molecule has 0 saturated heterocycles. The third-order valence-corrected chi connectivity index (χ3v) is 5.04. The summed E-state index contributed by atoms with van der Waals surface area (Å²) in [5.74, 6) is 0.0385. The first kappa shape index (κ1) is 22.2. The van der Waals surface area contributed by atoms with Gasteiger partial charge in [0.2, 0.25) is 0 Å². The van der Waals surface area contributed by atoms with Crippen molar-refractivity contribution in [3.63, 3.8) is 0 Å². The molecule has 0 aliphatic heterocycles. The number of methoxy groups -OCH3 is 1. The van der Waals surface area contributed by atoms with Crippen molar-refractivity contribution in [3.8, 4) is 39.1 Å². The molecule has 31 heavy (non-hydrogen) atoms. The van der Waals surface area contributed by atoms with Gasteiger partial charge in [-0.1, -0.05) is 80.1 Å². The van der Waals surface area contributed by atoms with Crippen molar-refractivity contribution in [3.05, 3.63) is 102 Å². The molecule has 0 spiro atoms. The zero-order chi connectivity index (χ0) is 22.4. The van der Waals surface area contributed by atoms with Gasteiger partial charge in [-0.3, -0.25) is 0 Å². The van der Waals surface area contributed by atoms with Crippen molar-refractivity contribution < 1.29 is 13.5 Å². The predicted octanol–water partition coefficient (Wildman–Crippen LogP) is 8.31. The van der Waals surface area contributed by atoms with Crippen molar-refractivity contribution in [1.29, 1.82) is 0 Å². The fraction of sp³-hybridized carbons (Fsp3) is 0.143. The second-order valence-electron chi connectivity index (χ2n) is 6.98. The summed E-state index contributed by atoms with van der Waals surface area (Å²) in [5.41, 5.74) is 5.00. The summed E-state index contributed by atoms with van der Waals surface area (Å²) in [7, 11) is 1.59. The van der Waals surface area contributed by atoms with Gasteiger partial charge in [-0.2, -0.15) is 0 Å². The molecule has 0 aromatic heterocycles. The largest absolute Gasteiger partial charge is 0.497 e. The fourth-order valence-corrected chi connectivity index (χ4v) is 3.36. The molecule has 158 valence electrons. The Bertz CT molecular complexity index is 1150. The zero-order valence-corrected chi connectivity index (χ0v) is 18.2. The molecule has 0 atom stereocenters. The monoisotopic (exact) mass is 416 g/mol. The number of halogens is 2. The maximum atomic E-state index is 14.8. The lowest BCUT2D eigenvalue weighted by atomic mass is 9.97. The van der Waals surface area contributed by atoms with Crippen LogP contribution < -0.4 is 4.74 Å². The standard InChI is InChI=1S/C26H20F2O.C2H6/c1-17-3-5-18(6-4-17)23-13-9-20(15-25(23)27)21-10-14-24(26(28)16-21)19-7-11-22(29-2)12-8-19;1-2/h3-16H,1-2H3;1-2H3. The fourth-order valence-electron chi connectivity index (χ4n) is 3.36. The molecule has 0 amide bonds. The third-order valence-electron chi connectivity index (χ3n) is 5.04. The van der Waals surface area contributed by atoms with Crippen LogP contribution in [0, 0.1) is 18.6 Å². The third kappa shape index (κ3) is 5.00. The smallest absolute Gasteiger partial charge is 0.131 e. The van der Waals surface area contributed by atoms with Crippen LogP contribution in [0.1, 0.15) is 19.4 Å². The van der Waals surface area contributed by atoms with Gasteiger partial charge in [0.25, 0.3) is 0 Å². The van der Waals surface area contributed by atoms with Crippen molar-refractivity contribution in [2.45, 2.75) is 20.8 Å². The normalized spacial score (nSPS) is 10.3. The number of rotatable bonds is 4. The van der Waals surface area contributed by atoms with E-state index in [9.17, 15) is 8.78 Å². The minimum atomic E-state index is -0.351. The Balaban J connectivity index is 0.00000132. The Hall–Kier alpha value is -3.46. The maximum Gasteiger partial charge on any atom is 0.131 e. The average molecular weight is 417 g/mol. The molecule has 0 fully saturated rings. The highest BCUT2D eigenvalue weighted by atomic mass is 19.1. The second-order valence-corrected chi connectivity index (χ2v) is 6.98. The van der Waals surface area contributed by atoms with Gasteiger partial charge in [-0.25, -0.2) is 8.78 Å². The topological polar surface area (TPSA) is 9.23 Å². The van der Waals surface area contributed by atoms with Gasteiger partial charge >= 0.3 is 0 Å². The molecule has 3 heteroatoms. The SMILES string of the molecule is CC.COc1ccc(-c2ccc(-c3ccc(-c4ccc(C)cc4)c(F)c3)cc2F)cc1. The first-order chi connectivity index (χ1) is 15.0. The van der Waals surface area contributed by atoms with Crippen LogP contribution in [0.5, 0.6) is 5.75 Å². The Morgan fingerprint density at radius 2 is 0.935 bits per heavy atom. The van der Waals surface area contributed by atoms with E-state index < -0.39 is 0 Å². The maximum absolute atomic E-state index is 14.8.